The van der Waals surface area contributed by atoms with Crippen molar-refractivity contribution in [2.45, 2.75) is 6.92 Å². The maximum atomic E-state index is 13.7. The number of carbonyl (C=O) groups excluding carboxylic acids is 1. The summed E-state index contributed by atoms with van der Waals surface area (Å²) in [7, 11) is 0. The van der Waals surface area contributed by atoms with Gasteiger partial charge in [-0.1, -0.05) is 17.7 Å². The second-order valence-electron chi connectivity index (χ2n) is 4.01. The first-order valence-electron chi connectivity index (χ1n) is 5.36. The van der Waals surface area contributed by atoms with Crippen molar-refractivity contribution in [3.8, 4) is 0 Å². The molecule has 0 radical (unpaired) electrons. The number of benzene rings is 2. The SMILES string of the molecule is Cc1cc(F)c(C(=O)c2cccc(Cl)c2F)cc1F. The molecular formula is C14H8ClF3O. The molecule has 2 rings (SSSR count). The van der Waals surface area contributed by atoms with E-state index in [0.717, 1.165) is 12.1 Å². The summed E-state index contributed by atoms with van der Waals surface area (Å²) in [6.45, 7) is 1.37. The zero-order valence-electron chi connectivity index (χ0n) is 9.81. The van der Waals surface area contributed by atoms with Crippen LogP contribution in [0.5, 0.6) is 0 Å². The van der Waals surface area contributed by atoms with Crippen LogP contribution in [0, 0.1) is 24.4 Å². The molecule has 0 unspecified atom stereocenters. The number of carbonyl (C=O) groups is 1. The van der Waals surface area contributed by atoms with Crippen molar-refractivity contribution < 1.29 is 18.0 Å². The van der Waals surface area contributed by atoms with Crippen molar-refractivity contribution in [3.63, 3.8) is 0 Å². The predicted octanol–water partition coefficient (Wildman–Crippen LogP) is 4.30. The van der Waals surface area contributed by atoms with Crippen LogP contribution in [0.3, 0.4) is 0 Å². The van der Waals surface area contributed by atoms with Crippen LogP contribution >= 0.6 is 11.6 Å². The number of hydrogen-bond donors (Lipinski definition) is 0. The average Bonchev–Trinajstić information content (AvgIpc) is 2.36. The van der Waals surface area contributed by atoms with Crippen molar-refractivity contribution in [2.75, 3.05) is 0 Å². The Hall–Kier alpha value is -1.81. The number of rotatable bonds is 2. The van der Waals surface area contributed by atoms with Crippen molar-refractivity contribution in [2.24, 2.45) is 0 Å². The molecule has 98 valence electrons. The molecule has 0 atom stereocenters. The molecule has 0 aliphatic carbocycles. The van der Waals surface area contributed by atoms with Crippen molar-refractivity contribution in [1.29, 1.82) is 0 Å². The Morgan fingerprint density at radius 1 is 1.05 bits per heavy atom. The van der Waals surface area contributed by atoms with Gasteiger partial charge in [-0.25, -0.2) is 13.2 Å². The number of aryl methyl sites for hydroxylation is 1. The van der Waals surface area contributed by atoms with Gasteiger partial charge in [-0.15, -0.1) is 0 Å². The van der Waals surface area contributed by atoms with Gasteiger partial charge in [0, 0.05) is 0 Å². The van der Waals surface area contributed by atoms with Crippen LogP contribution in [0.2, 0.25) is 5.02 Å². The van der Waals surface area contributed by atoms with Crippen LogP contribution in [-0.4, -0.2) is 5.78 Å². The largest absolute Gasteiger partial charge is 0.288 e. The molecule has 19 heavy (non-hydrogen) atoms. The second kappa shape index (κ2) is 5.05. The van der Waals surface area contributed by atoms with E-state index in [0.29, 0.717) is 0 Å². The third-order valence-electron chi connectivity index (χ3n) is 2.69. The molecule has 0 fully saturated rings. The molecule has 0 aliphatic heterocycles. The first-order chi connectivity index (χ1) is 8.91. The Labute approximate surface area is 112 Å². The van der Waals surface area contributed by atoms with Crippen LogP contribution in [0.1, 0.15) is 21.5 Å². The summed E-state index contributed by atoms with van der Waals surface area (Å²) >= 11 is 5.55. The van der Waals surface area contributed by atoms with Gasteiger partial charge in [0.05, 0.1) is 16.1 Å². The van der Waals surface area contributed by atoms with Crippen LogP contribution < -0.4 is 0 Å². The summed E-state index contributed by atoms with van der Waals surface area (Å²) in [6, 6.07) is 5.44. The minimum Gasteiger partial charge on any atom is -0.288 e. The topological polar surface area (TPSA) is 17.1 Å². The molecule has 0 aromatic heterocycles. The van der Waals surface area contributed by atoms with E-state index in [2.05, 4.69) is 0 Å². The van der Waals surface area contributed by atoms with E-state index in [4.69, 9.17) is 11.6 Å². The average molecular weight is 285 g/mol. The Morgan fingerprint density at radius 2 is 1.74 bits per heavy atom. The van der Waals surface area contributed by atoms with Gasteiger partial charge < -0.3 is 0 Å². The highest BCUT2D eigenvalue weighted by atomic mass is 35.5. The van der Waals surface area contributed by atoms with E-state index in [1.807, 2.05) is 0 Å². The normalized spacial score (nSPS) is 10.6. The lowest BCUT2D eigenvalue weighted by atomic mass is 10.0. The number of hydrogen-bond acceptors (Lipinski definition) is 1. The molecule has 2 aromatic rings. The predicted molar refractivity (Wildman–Crippen MR) is 65.9 cm³/mol. The van der Waals surface area contributed by atoms with Gasteiger partial charge in [-0.3, -0.25) is 4.79 Å². The van der Waals surface area contributed by atoms with Crippen molar-refractivity contribution in [1.82, 2.24) is 0 Å². The molecule has 0 saturated carbocycles. The Balaban J connectivity index is 2.56. The maximum Gasteiger partial charge on any atom is 0.199 e. The second-order valence-corrected chi connectivity index (χ2v) is 4.42. The number of halogens is 4. The highest BCUT2D eigenvalue weighted by Crippen LogP contribution is 2.23. The first-order valence-corrected chi connectivity index (χ1v) is 5.74. The minimum atomic E-state index is -0.949. The van der Waals surface area contributed by atoms with E-state index in [-0.39, 0.29) is 10.6 Å². The number of ketones is 1. The third-order valence-corrected chi connectivity index (χ3v) is 2.98. The molecule has 5 heteroatoms. The summed E-state index contributed by atoms with van der Waals surface area (Å²) < 4.78 is 40.7. The molecule has 0 heterocycles. The smallest absolute Gasteiger partial charge is 0.199 e. The van der Waals surface area contributed by atoms with E-state index in [1.165, 1.54) is 25.1 Å². The van der Waals surface area contributed by atoms with E-state index in [9.17, 15) is 18.0 Å². The van der Waals surface area contributed by atoms with E-state index >= 15 is 0 Å². The summed E-state index contributed by atoms with van der Waals surface area (Å²) in [5.74, 6) is -3.53. The summed E-state index contributed by atoms with van der Waals surface area (Å²) in [5.41, 5.74) is -0.848. The standard InChI is InChI=1S/C14H8ClF3O/c1-7-5-12(17)9(6-11(7)16)14(19)8-3-2-4-10(15)13(8)18/h2-6H,1H3. The molecule has 0 N–H and O–H groups in total. The monoisotopic (exact) mass is 284 g/mol. The van der Waals surface area contributed by atoms with Gasteiger partial charge in [0.2, 0.25) is 0 Å². The van der Waals surface area contributed by atoms with Gasteiger partial charge in [-0.05, 0) is 36.8 Å². The minimum absolute atomic E-state index is 0.0700. The van der Waals surface area contributed by atoms with Crippen LogP contribution in [-0.2, 0) is 0 Å². The lowest BCUT2D eigenvalue weighted by Gasteiger charge is -2.06. The zero-order valence-corrected chi connectivity index (χ0v) is 10.6. The van der Waals surface area contributed by atoms with E-state index in [1.54, 1.807) is 0 Å². The molecular weight excluding hydrogens is 277 g/mol. The molecule has 0 bridgehead atoms. The Morgan fingerprint density at radius 3 is 2.42 bits per heavy atom. The first kappa shape index (κ1) is 13.6. The Kier molecular flexibility index (Phi) is 3.62. The van der Waals surface area contributed by atoms with Crippen LogP contribution in [0.4, 0.5) is 13.2 Å². The molecule has 0 aliphatic rings. The third kappa shape index (κ3) is 2.49. The van der Waals surface area contributed by atoms with Gasteiger partial charge in [0.1, 0.15) is 11.6 Å². The summed E-state index contributed by atoms with van der Waals surface area (Å²) in [4.78, 5) is 12.0. The van der Waals surface area contributed by atoms with Gasteiger partial charge in [0.15, 0.2) is 11.6 Å². The van der Waals surface area contributed by atoms with Gasteiger partial charge >= 0.3 is 0 Å². The highest BCUT2D eigenvalue weighted by Gasteiger charge is 2.20. The lowest BCUT2D eigenvalue weighted by Crippen LogP contribution is -2.08. The van der Waals surface area contributed by atoms with Crippen LogP contribution in [0.25, 0.3) is 0 Å². The fraction of sp³-hybridized carbons (Fsp3) is 0.0714. The zero-order chi connectivity index (χ0) is 14.2. The molecule has 0 spiro atoms. The molecule has 0 saturated heterocycles. The Bertz CT molecular complexity index is 668. The highest BCUT2D eigenvalue weighted by molar-refractivity contribution is 6.31. The fourth-order valence-electron chi connectivity index (χ4n) is 1.64. The van der Waals surface area contributed by atoms with Crippen LogP contribution in [0.15, 0.2) is 30.3 Å². The summed E-state index contributed by atoms with van der Waals surface area (Å²) in [6.07, 6.45) is 0. The fourth-order valence-corrected chi connectivity index (χ4v) is 1.82. The van der Waals surface area contributed by atoms with Gasteiger partial charge in [0.25, 0.3) is 0 Å². The maximum absolute atomic E-state index is 13.7. The lowest BCUT2D eigenvalue weighted by molar-refractivity contribution is 0.103. The molecule has 2 aromatic carbocycles. The quantitative estimate of drug-likeness (QED) is 0.752. The van der Waals surface area contributed by atoms with Crippen molar-refractivity contribution >= 4 is 17.4 Å². The van der Waals surface area contributed by atoms with E-state index < -0.39 is 34.4 Å². The van der Waals surface area contributed by atoms with Crippen molar-refractivity contribution in [3.05, 3.63) is 69.5 Å². The summed E-state index contributed by atoms with van der Waals surface area (Å²) in [5, 5.41) is -0.251. The molecule has 1 nitrogen and oxygen atoms in total. The van der Waals surface area contributed by atoms with Gasteiger partial charge in [-0.2, -0.15) is 0 Å². The molecule has 0 amide bonds.